The number of aromatic nitrogens is 3. The fourth-order valence-electron chi connectivity index (χ4n) is 4.97. The Hall–Kier alpha value is -4.24. The molecule has 4 aromatic rings. The summed E-state index contributed by atoms with van der Waals surface area (Å²) in [6, 6.07) is 11.7. The van der Waals surface area contributed by atoms with Crippen molar-refractivity contribution in [1.29, 1.82) is 0 Å². The highest BCUT2D eigenvalue weighted by Crippen LogP contribution is 2.34. The van der Waals surface area contributed by atoms with Gasteiger partial charge in [0.15, 0.2) is 5.69 Å². The average Bonchev–Trinajstić information content (AvgIpc) is 3.31. The molecule has 0 aliphatic carbocycles. The van der Waals surface area contributed by atoms with Gasteiger partial charge in [-0.1, -0.05) is 30.2 Å². The molecule has 0 radical (unpaired) electrons. The highest BCUT2D eigenvalue weighted by atomic mass is 32.1. The molecule has 1 fully saturated rings. The lowest BCUT2D eigenvalue weighted by molar-refractivity contribution is -0.0752. The van der Waals surface area contributed by atoms with Gasteiger partial charge >= 0.3 is 11.7 Å². The predicted molar refractivity (Wildman–Crippen MR) is 154 cm³/mol. The molecule has 0 amide bonds. The first-order valence-corrected chi connectivity index (χ1v) is 13.9. The van der Waals surface area contributed by atoms with Crippen molar-refractivity contribution in [3.05, 3.63) is 85.0 Å². The van der Waals surface area contributed by atoms with Crippen LogP contribution < -0.4 is 16.0 Å². The summed E-state index contributed by atoms with van der Waals surface area (Å²) in [5.74, 6) is 5.17. The molecule has 1 atom stereocenters. The Labute approximate surface area is 239 Å². The number of carbonyl (C=O) groups is 1. The van der Waals surface area contributed by atoms with Crippen molar-refractivity contribution in [1.82, 2.24) is 14.1 Å². The van der Waals surface area contributed by atoms with E-state index in [4.69, 9.17) is 14.2 Å². The second-order valence-electron chi connectivity index (χ2n) is 9.51. The molecule has 0 saturated carbocycles. The van der Waals surface area contributed by atoms with E-state index in [1.165, 1.54) is 34.1 Å². The summed E-state index contributed by atoms with van der Waals surface area (Å²) in [6.07, 6.45) is 0.699. The second kappa shape index (κ2) is 12.1. The van der Waals surface area contributed by atoms with Crippen molar-refractivity contribution in [3.8, 4) is 23.4 Å². The van der Waals surface area contributed by atoms with Crippen LogP contribution >= 0.6 is 11.3 Å². The molecule has 0 spiro atoms. The van der Waals surface area contributed by atoms with E-state index >= 15 is 0 Å². The van der Waals surface area contributed by atoms with Gasteiger partial charge in [-0.2, -0.15) is 0 Å². The lowest BCUT2D eigenvalue weighted by Gasteiger charge is -2.29. The number of pyridine rings is 1. The van der Waals surface area contributed by atoms with Gasteiger partial charge in [-0.15, -0.1) is 17.3 Å². The molecular formula is C30H29N3O7S. The molecule has 1 aliphatic heterocycles. The monoisotopic (exact) mass is 575 g/mol. The van der Waals surface area contributed by atoms with E-state index < -0.39 is 23.3 Å². The predicted octanol–water partition coefficient (Wildman–Crippen LogP) is 3.93. The summed E-state index contributed by atoms with van der Waals surface area (Å²) < 4.78 is 20.2. The fourth-order valence-corrected chi connectivity index (χ4v) is 6.17. The third-order valence-corrected chi connectivity index (χ3v) is 8.22. The van der Waals surface area contributed by atoms with E-state index in [0.717, 1.165) is 10.1 Å². The zero-order valence-electron chi connectivity index (χ0n) is 22.9. The smallest absolute Gasteiger partial charge is 0.354 e. The maximum absolute atomic E-state index is 14.2. The number of aryl methyl sites for hydroxylation is 1. The van der Waals surface area contributed by atoms with Crippen molar-refractivity contribution in [2.45, 2.75) is 45.4 Å². The lowest BCUT2D eigenvalue weighted by Crippen LogP contribution is -2.40. The number of hydrogen-bond donors (Lipinski definition) is 1. The van der Waals surface area contributed by atoms with Crippen molar-refractivity contribution in [2.24, 2.45) is 0 Å². The van der Waals surface area contributed by atoms with Gasteiger partial charge in [0.25, 0.3) is 5.56 Å². The Morgan fingerprint density at radius 3 is 2.66 bits per heavy atom. The number of carboxylic acid groups (broad SMARTS) is 1. The van der Waals surface area contributed by atoms with E-state index in [1.807, 2.05) is 24.3 Å². The molecule has 0 unspecified atom stereocenters. The van der Waals surface area contributed by atoms with Crippen LogP contribution in [0.25, 0.3) is 16.0 Å². The number of rotatable bonds is 8. The molecule has 3 aromatic heterocycles. The quantitative estimate of drug-likeness (QED) is 0.314. The first kappa shape index (κ1) is 28.3. The first-order chi connectivity index (χ1) is 19.8. The number of aromatic carboxylic acids is 1. The molecule has 5 rings (SSSR count). The van der Waals surface area contributed by atoms with Crippen LogP contribution in [-0.2, 0) is 16.0 Å². The lowest BCUT2D eigenvalue weighted by atomic mass is 10.1. The Bertz CT molecular complexity index is 1790. The molecule has 11 heteroatoms. The number of hydrogen-bond acceptors (Lipinski definition) is 8. The molecule has 0 bridgehead atoms. The van der Waals surface area contributed by atoms with Crippen molar-refractivity contribution in [3.63, 3.8) is 0 Å². The van der Waals surface area contributed by atoms with Crippen LogP contribution in [0.1, 0.15) is 52.4 Å². The number of ether oxygens (including phenoxy) is 3. The molecule has 1 aliphatic rings. The molecule has 1 N–H and O–H groups in total. The van der Waals surface area contributed by atoms with Gasteiger partial charge in [0.1, 0.15) is 22.5 Å². The van der Waals surface area contributed by atoms with E-state index in [1.54, 1.807) is 21.0 Å². The van der Waals surface area contributed by atoms with Crippen LogP contribution in [0, 0.1) is 18.8 Å². The zero-order chi connectivity index (χ0) is 29.1. The molecule has 41 heavy (non-hydrogen) atoms. The maximum atomic E-state index is 14.2. The summed E-state index contributed by atoms with van der Waals surface area (Å²) in [5, 5.41) is 9.81. The van der Waals surface area contributed by atoms with E-state index in [-0.39, 0.29) is 24.2 Å². The molecule has 1 aromatic carbocycles. The van der Waals surface area contributed by atoms with Crippen LogP contribution in [-0.4, -0.2) is 51.6 Å². The Kier molecular flexibility index (Phi) is 8.35. The van der Waals surface area contributed by atoms with Crippen LogP contribution in [0.2, 0.25) is 0 Å². The largest absolute Gasteiger partial charge is 0.496 e. The van der Waals surface area contributed by atoms with Crippen molar-refractivity contribution in [2.75, 3.05) is 20.3 Å². The number of thiophene rings is 1. The summed E-state index contributed by atoms with van der Waals surface area (Å²) in [5.41, 5.74) is -0.138. The van der Waals surface area contributed by atoms with Crippen molar-refractivity contribution < 1.29 is 24.1 Å². The molecule has 1 saturated heterocycles. The Morgan fingerprint density at radius 1 is 1.20 bits per heavy atom. The Morgan fingerprint density at radius 2 is 1.95 bits per heavy atom. The van der Waals surface area contributed by atoms with E-state index in [0.29, 0.717) is 52.5 Å². The highest BCUT2D eigenvalue weighted by molar-refractivity contribution is 7.19. The van der Waals surface area contributed by atoms with E-state index in [9.17, 15) is 19.5 Å². The Balaban J connectivity index is 1.75. The van der Waals surface area contributed by atoms with Crippen LogP contribution in [0.15, 0.2) is 52.1 Å². The summed E-state index contributed by atoms with van der Waals surface area (Å²) in [7, 11) is 1.58. The third-order valence-electron chi connectivity index (χ3n) is 6.99. The topological polar surface area (TPSA) is 122 Å². The van der Waals surface area contributed by atoms with Gasteiger partial charge in [0.05, 0.1) is 30.0 Å². The fraction of sp³-hybridized carbons (Fsp3) is 0.333. The van der Waals surface area contributed by atoms with Crippen LogP contribution in [0.4, 0.5) is 0 Å². The molecular weight excluding hydrogens is 546 g/mol. The van der Waals surface area contributed by atoms with Crippen LogP contribution in [0.5, 0.6) is 5.75 Å². The van der Waals surface area contributed by atoms with Gasteiger partial charge in [0.2, 0.25) is 0 Å². The molecule has 4 heterocycles. The molecule has 212 valence electrons. The molecule has 10 nitrogen and oxygen atoms in total. The number of para-hydroxylation sites is 1. The number of benzene rings is 1. The number of nitrogens with zero attached hydrogens (tertiary/aromatic N) is 3. The summed E-state index contributed by atoms with van der Waals surface area (Å²) in [6.45, 7) is 4.71. The zero-order valence-corrected chi connectivity index (χ0v) is 23.7. The summed E-state index contributed by atoms with van der Waals surface area (Å²) >= 11 is 1.26. The van der Waals surface area contributed by atoms with Gasteiger partial charge in [-0.3, -0.25) is 9.36 Å². The van der Waals surface area contributed by atoms with Gasteiger partial charge in [-0.25, -0.2) is 19.1 Å². The minimum absolute atomic E-state index is 0.0604. The van der Waals surface area contributed by atoms with Gasteiger partial charge in [0, 0.05) is 18.8 Å². The van der Waals surface area contributed by atoms with Crippen LogP contribution in [0.3, 0.4) is 0 Å². The van der Waals surface area contributed by atoms with Gasteiger partial charge in [-0.05, 0) is 50.5 Å². The second-order valence-corrected chi connectivity index (χ2v) is 10.5. The maximum Gasteiger partial charge on any atom is 0.354 e. The summed E-state index contributed by atoms with van der Waals surface area (Å²) in [4.78, 5) is 44.9. The SMILES string of the molecule is CC#Cc1sc2c(c1C)c(=O)n(-c1cccc(C(=O)O)n1)c(=O)n2C[C@H](OC1CCOCC1)c1ccccc1OC. The van der Waals surface area contributed by atoms with E-state index in [2.05, 4.69) is 16.8 Å². The highest BCUT2D eigenvalue weighted by Gasteiger charge is 2.28. The standard InChI is InChI=1S/C30H29N3O7S/c1-4-8-24-18(2)26-27(34)33(25-12-7-10-21(31-25)29(35)36)30(37)32(28(26)41-24)17-23(40-19-13-15-39-16-14-19)20-9-5-6-11-22(20)38-3/h5-7,9-12,19,23H,13-17H2,1-3H3,(H,35,36)/t23-/m0/s1. The minimum Gasteiger partial charge on any atom is -0.496 e. The number of carboxylic acids is 1. The van der Waals surface area contributed by atoms with Gasteiger partial charge < -0.3 is 19.3 Å². The average molecular weight is 576 g/mol. The minimum atomic E-state index is -1.27. The first-order valence-electron chi connectivity index (χ1n) is 13.1. The number of fused-ring (bicyclic) bond motifs is 1. The van der Waals surface area contributed by atoms with Crippen molar-refractivity contribution >= 4 is 27.5 Å². The number of methoxy groups -OCH3 is 1. The third kappa shape index (κ3) is 5.54. The normalized spacial score (nSPS) is 14.4.